The Kier molecular flexibility index (Phi) is 4.04. The van der Waals surface area contributed by atoms with Crippen molar-refractivity contribution in [2.75, 3.05) is 19.3 Å². The highest BCUT2D eigenvalue weighted by molar-refractivity contribution is 5.77. The van der Waals surface area contributed by atoms with Crippen molar-refractivity contribution in [3.05, 3.63) is 17.8 Å². The molecule has 5 heteroatoms. The van der Waals surface area contributed by atoms with Crippen molar-refractivity contribution in [3.8, 4) is 0 Å². The van der Waals surface area contributed by atoms with Crippen molar-refractivity contribution in [1.29, 1.82) is 0 Å². The first-order valence-electron chi connectivity index (χ1n) is 6.82. The first kappa shape index (κ1) is 13.8. The number of nitrogens with zero attached hydrogens (tertiary/aromatic N) is 4. The molecule has 0 aliphatic heterocycles. The molecule has 1 atom stereocenters. The van der Waals surface area contributed by atoms with E-state index in [4.69, 9.17) is 5.73 Å². The number of likely N-dealkylation sites (N-methyl/N-ethyl adjacent to an activating group) is 1. The van der Waals surface area contributed by atoms with Gasteiger partial charge in [-0.05, 0) is 38.9 Å². The Morgan fingerprint density at radius 3 is 2.89 bits per heavy atom. The summed E-state index contributed by atoms with van der Waals surface area (Å²) in [5, 5.41) is 0. The molecule has 5 nitrogen and oxygen atoms in total. The van der Waals surface area contributed by atoms with Crippen LogP contribution < -0.4 is 5.73 Å². The molecule has 2 N–H and O–H groups in total. The van der Waals surface area contributed by atoms with Crippen LogP contribution in [0.25, 0.3) is 11.2 Å². The number of imidazole rings is 1. The van der Waals surface area contributed by atoms with Crippen LogP contribution in [0.15, 0.2) is 12.3 Å². The van der Waals surface area contributed by atoms with E-state index in [1.54, 1.807) is 0 Å². The predicted molar refractivity (Wildman–Crippen MR) is 79.1 cm³/mol. The molecule has 1 unspecified atom stereocenters. The first-order chi connectivity index (χ1) is 9.04. The molecule has 0 saturated carbocycles. The molecule has 2 aromatic rings. The predicted octanol–water partition coefficient (Wildman–Crippen LogP) is 2.05. The Morgan fingerprint density at radius 2 is 2.21 bits per heavy atom. The summed E-state index contributed by atoms with van der Waals surface area (Å²) in [7, 11) is 2.14. The molecule has 0 aromatic carbocycles. The normalized spacial score (nSPS) is 13.3. The number of aryl methyl sites for hydroxylation is 1. The van der Waals surface area contributed by atoms with Gasteiger partial charge in [-0.1, -0.05) is 6.92 Å². The summed E-state index contributed by atoms with van der Waals surface area (Å²) in [5.74, 6) is 0.550. The molecule has 0 fully saturated rings. The van der Waals surface area contributed by atoms with Gasteiger partial charge in [-0.3, -0.25) is 4.57 Å². The summed E-state index contributed by atoms with van der Waals surface area (Å²) in [6.45, 7) is 8.23. The van der Waals surface area contributed by atoms with Gasteiger partial charge in [0, 0.05) is 25.3 Å². The topological polar surface area (TPSA) is 60.0 Å². The minimum Gasteiger partial charge on any atom is -0.369 e. The minimum atomic E-state index is 0.550. The van der Waals surface area contributed by atoms with Gasteiger partial charge >= 0.3 is 0 Å². The molecule has 0 bridgehead atoms. The second-order valence-electron chi connectivity index (χ2n) is 5.16. The van der Waals surface area contributed by atoms with Crippen LogP contribution in [0, 0.1) is 6.92 Å². The van der Waals surface area contributed by atoms with Crippen molar-refractivity contribution in [2.24, 2.45) is 0 Å². The maximum atomic E-state index is 6.01. The smallest absolute Gasteiger partial charge is 0.202 e. The molecular formula is C14H23N5. The van der Waals surface area contributed by atoms with Gasteiger partial charge < -0.3 is 10.6 Å². The number of fused-ring (bicyclic) bond motifs is 1. The van der Waals surface area contributed by atoms with Crippen molar-refractivity contribution >= 4 is 17.1 Å². The van der Waals surface area contributed by atoms with Crippen LogP contribution in [0.3, 0.4) is 0 Å². The second kappa shape index (κ2) is 5.57. The highest BCUT2D eigenvalue weighted by Crippen LogP contribution is 2.18. The van der Waals surface area contributed by atoms with Crippen molar-refractivity contribution in [3.63, 3.8) is 0 Å². The SMILES string of the molecule is CCC(C)N(C)CCn1c(N)nc2c(C)ccnc21. The average molecular weight is 261 g/mol. The third-order valence-corrected chi connectivity index (χ3v) is 3.88. The number of aromatic nitrogens is 3. The Morgan fingerprint density at radius 1 is 1.47 bits per heavy atom. The Balaban J connectivity index is 2.21. The zero-order chi connectivity index (χ0) is 14.0. The lowest BCUT2D eigenvalue weighted by Gasteiger charge is -2.23. The molecule has 0 amide bonds. The lowest BCUT2D eigenvalue weighted by atomic mass is 10.2. The van der Waals surface area contributed by atoms with E-state index in [2.05, 4.69) is 35.8 Å². The standard InChI is InChI=1S/C14H23N5/c1-5-11(3)18(4)8-9-19-13-12(17-14(19)15)10(2)6-7-16-13/h6-7,11H,5,8-9H2,1-4H3,(H2,15,17). The Bertz CT molecular complexity index is 560. The largest absolute Gasteiger partial charge is 0.369 e. The van der Waals surface area contributed by atoms with Crippen LogP contribution >= 0.6 is 0 Å². The summed E-state index contributed by atoms with van der Waals surface area (Å²) in [5.41, 5.74) is 8.92. The van der Waals surface area contributed by atoms with Crippen molar-refractivity contribution in [1.82, 2.24) is 19.4 Å². The number of hydrogen-bond acceptors (Lipinski definition) is 4. The van der Waals surface area contributed by atoms with Gasteiger partial charge in [0.05, 0.1) is 0 Å². The number of nitrogen functional groups attached to an aromatic ring is 1. The molecule has 2 heterocycles. The molecule has 2 aromatic heterocycles. The summed E-state index contributed by atoms with van der Waals surface area (Å²) in [4.78, 5) is 11.2. The van der Waals surface area contributed by atoms with Gasteiger partial charge in [0.25, 0.3) is 0 Å². The average Bonchev–Trinajstić information content (AvgIpc) is 2.72. The number of anilines is 1. The number of nitrogens with two attached hydrogens (primary N) is 1. The van der Waals surface area contributed by atoms with Gasteiger partial charge in [0.15, 0.2) is 5.65 Å². The van der Waals surface area contributed by atoms with Gasteiger partial charge in [0.1, 0.15) is 5.52 Å². The van der Waals surface area contributed by atoms with Crippen LogP contribution in [-0.4, -0.2) is 39.1 Å². The van der Waals surface area contributed by atoms with Gasteiger partial charge in [0.2, 0.25) is 5.95 Å². The van der Waals surface area contributed by atoms with E-state index in [0.717, 1.165) is 36.2 Å². The van der Waals surface area contributed by atoms with Crippen LogP contribution in [0.1, 0.15) is 25.8 Å². The van der Waals surface area contributed by atoms with E-state index in [9.17, 15) is 0 Å². The van der Waals surface area contributed by atoms with Crippen LogP contribution in [0.4, 0.5) is 5.95 Å². The van der Waals surface area contributed by atoms with Gasteiger partial charge in [-0.25, -0.2) is 9.97 Å². The third-order valence-electron chi connectivity index (χ3n) is 3.88. The molecular weight excluding hydrogens is 238 g/mol. The van der Waals surface area contributed by atoms with E-state index in [-0.39, 0.29) is 0 Å². The fourth-order valence-electron chi connectivity index (χ4n) is 2.17. The summed E-state index contributed by atoms with van der Waals surface area (Å²) in [6, 6.07) is 2.54. The van der Waals surface area contributed by atoms with E-state index in [0.29, 0.717) is 12.0 Å². The van der Waals surface area contributed by atoms with E-state index >= 15 is 0 Å². The van der Waals surface area contributed by atoms with Crippen molar-refractivity contribution in [2.45, 2.75) is 39.8 Å². The van der Waals surface area contributed by atoms with Gasteiger partial charge in [-0.2, -0.15) is 0 Å². The molecule has 104 valence electrons. The second-order valence-corrected chi connectivity index (χ2v) is 5.16. The number of rotatable bonds is 5. The van der Waals surface area contributed by atoms with Gasteiger partial charge in [-0.15, -0.1) is 0 Å². The first-order valence-corrected chi connectivity index (χ1v) is 6.82. The fraction of sp³-hybridized carbons (Fsp3) is 0.571. The fourth-order valence-corrected chi connectivity index (χ4v) is 2.17. The zero-order valence-electron chi connectivity index (χ0n) is 12.2. The van der Waals surface area contributed by atoms with Crippen LogP contribution in [0.2, 0.25) is 0 Å². The van der Waals surface area contributed by atoms with E-state index in [1.165, 1.54) is 0 Å². The highest BCUT2D eigenvalue weighted by atomic mass is 15.2. The lowest BCUT2D eigenvalue weighted by molar-refractivity contribution is 0.244. The summed E-state index contributed by atoms with van der Waals surface area (Å²) < 4.78 is 2.00. The molecule has 0 aliphatic carbocycles. The third kappa shape index (κ3) is 2.71. The molecule has 19 heavy (non-hydrogen) atoms. The maximum Gasteiger partial charge on any atom is 0.202 e. The lowest BCUT2D eigenvalue weighted by Crippen LogP contribution is -2.31. The van der Waals surface area contributed by atoms with E-state index in [1.807, 2.05) is 23.8 Å². The number of hydrogen-bond donors (Lipinski definition) is 1. The van der Waals surface area contributed by atoms with Crippen molar-refractivity contribution < 1.29 is 0 Å². The molecule has 0 spiro atoms. The van der Waals surface area contributed by atoms with E-state index < -0.39 is 0 Å². The molecule has 0 aliphatic rings. The monoisotopic (exact) mass is 261 g/mol. The molecule has 2 rings (SSSR count). The minimum absolute atomic E-state index is 0.550. The summed E-state index contributed by atoms with van der Waals surface area (Å²) >= 11 is 0. The summed E-state index contributed by atoms with van der Waals surface area (Å²) in [6.07, 6.45) is 2.96. The van der Waals surface area contributed by atoms with Crippen LogP contribution in [-0.2, 0) is 6.54 Å². The zero-order valence-corrected chi connectivity index (χ0v) is 12.2. The Hall–Kier alpha value is -1.62. The highest BCUT2D eigenvalue weighted by Gasteiger charge is 2.12. The molecule has 0 saturated heterocycles. The number of pyridine rings is 1. The molecule has 0 radical (unpaired) electrons. The maximum absolute atomic E-state index is 6.01. The quantitative estimate of drug-likeness (QED) is 0.895. The Labute approximate surface area is 114 Å². The van der Waals surface area contributed by atoms with Crippen LogP contribution in [0.5, 0.6) is 0 Å².